The van der Waals surface area contributed by atoms with E-state index in [0.717, 1.165) is 29.4 Å². The van der Waals surface area contributed by atoms with Crippen molar-refractivity contribution in [2.24, 2.45) is 5.92 Å². The molecule has 0 spiro atoms. The van der Waals surface area contributed by atoms with Crippen molar-refractivity contribution in [3.63, 3.8) is 0 Å². The van der Waals surface area contributed by atoms with Gasteiger partial charge in [-0.2, -0.15) is 5.10 Å². The minimum atomic E-state index is 0.757. The van der Waals surface area contributed by atoms with Crippen molar-refractivity contribution in [1.29, 1.82) is 0 Å². The highest BCUT2D eigenvalue weighted by atomic mass is 15.2. The van der Waals surface area contributed by atoms with Crippen molar-refractivity contribution in [1.82, 2.24) is 10.2 Å². The molecule has 0 radical (unpaired) electrons. The van der Waals surface area contributed by atoms with Crippen molar-refractivity contribution in [2.45, 2.75) is 33.6 Å². The van der Waals surface area contributed by atoms with Crippen molar-refractivity contribution in [3.8, 4) is 0 Å². The fourth-order valence-corrected chi connectivity index (χ4v) is 2.09. The standard InChI is InChI=1S/C15H21N3/c1-11(2)7-6-10-16-15-14-9-5-4-8-13(14)12(3)17-18-15/h4-5,8-9,11H,6-7,10H2,1-3H3,(H,16,18). The average Bonchev–Trinajstić information content (AvgIpc) is 2.37. The Labute approximate surface area is 109 Å². The van der Waals surface area contributed by atoms with Crippen molar-refractivity contribution in [3.05, 3.63) is 30.0 Å². The molecule has 0 unspecified atom stereocenters. The molecule has 0 aliphatic rings. The molecule has 0 saturated carbocycles. The summed E-state index contributed by atoms with van der Waals surface area (Å²) in [7, 11) is 0. The third-order valence-corrected chi connectivity index (χ3v) is 3.12. The molecule has 2 aromatic rings. The number of nitrogens with one attached hydrogen (secondary N) is 1. The number of hydrogen-bond acceptors (Lipinski definition) is 3. The molecule has 1 heterocycles. The highest BCUT2D eigenvalue weighted by Gasteiger charge is 2.05. The molecule has 0 bridgehead atoms. The predicted octanol–water partition coefficient (Wildman–Crippen LogP) is 3.79. The molecule has 96 valence electrons. The molecule has 3 heteroatoms. The summed E-state index contributed by atoms with van der Waals surface area (Å²) in [6.07, 6.45) is 2.41. The lowest BCUT2D eigenvalue weighted by atomic mass is 10.1. The molecule has 2 rings (SSSR count). The molecule has 1 aromatic carbocycles. The summed E-state index contributed by atoms with van der Waals surface area (Å²) in [5.41, 5.74) is 0.985. The van der Waals surface area contributed by atoms with E-state index >= 15 is 0 Å². The smallest absolute Gasteiger partial charge is 0.156 e. The Bertz CT molecular complexity index is 520. The molecule has 0 saturated heterocycles. The monoisotopic (exact) mass is 243 g/mol. The van der Waals surface area contributed by atoms with Gasteiger partial charge in [-0.15, -0.1) is 5.10 Å². The molecular formula is C15H21N3. The van der Waals surface area contributed by atoms with Crippen LogP contribution in [0.3, 0.4) is 0 Å². The number of fused-ring (bicyclic) bond motifs is 1. The normalized spacial score (nSPS) is 11.1. The van der Waals surface area contributed by atoms with E-state index in [2.05, 4.69) is 41.5 Å². The predicted molar refractivity (Wildman–Crippen MR) is 76.8 cm³/mol. The van der Waals surface area contributed by atoms with Crippen LogP contribution < -0.4 is 5.32 Å². The molecule has 0 amide bonds. The molecule has 1 N–H and O–H groups in total. The van der Waals surface area contributed by atoms with Gasteiger partial charge in [0, 0.05) is 17.3 Å². The highest BCUT2D eigenvalue weighted by molar-refractivity contribution is 5.92. The van der Waals surface area contributed by atoms with E-state index in [-0.39, 0.29) is 0 Å². The Hall–Kier alpha value is -1.64. The van der Waals surface area contributed by atoms with Crippen LogP contribution in [0.2, 0.25) is 0 Å². The Morgan fingerprint density at radius 1 is 1.11 bits per heavy atom. The summed E-state index contributed by atoms with van der Waals surface area (Å²) >= 11 is 0. The quantitative estimate of drug-likeness (QED) is 0.812. The first-order valence-electron chi connectivity index (χ1n) is 6.64. The maximum absolute atomic E-state index is 4.26. The number of benzene rings is 1. The summed E-state index contributed by atoms with van der Waals surface area (Å²) in [6, 6.07) is 8.28. The van der Waals surface area contributed by atoms with Gasteiger partial charge in [-0.25, -0.2) is 0 Å². The molecule has 18 heavy (non-hydrogen) atoms. The van der Waals surface area contributed by atoms with Crippen LogP contribution in [0.5, 0.6) is 0 Å². The van der Waals surface area contributed by atoms with E-state index in [4.69, 9.17) is 0 Å². The van der Waals surface area contributed by atoms with Crippen LogP contribution in [0.15, 0.2) is 24.3 Å². The Balaban J connectivity index is 2.11. The maximum Gasteiger partial charge on any atom is 0.156 e. The molecule has 0 fully saturated rings. The first-order chi connectivity index (χ1) is 8.68. The average molecular weight is 243 g/mol. The van der Waals surface area contributed by atoms with E-state index in [1.165, 1.54) is 18.2 Å². The topological polar surface area (TPSA) is 37.8 Å². The van der Waals surface area contributed by atoms with Gasteiger partial charge in [0.25, 0.3) is 0 Å². The zero-order chi connectivity index (χ0) is 13.0. The lowest BCUT2D eigenvalue weighted by Gasteiger charge is -2.10. The van der Waals surface area contributed by atoms with Gasteiger partial charge in [-0.1, -0.05) is 38.1 Å². The lowest BCUT2D eigenvalue weighted by molar-refractivity contribution is 0.566. The summed E-state index contributed by atoms with van der Waals surface area (Å²) in [5.74, 6) is 1.66. The van der Waals surface area contributed by atoms with Crippen molar-refractivity contribution >= 4 is 16.6 Å². The highest BCUT2D eigenvalue weighted by Crippen LogP contribution is 2.22. The number of hydrogen-bond donors (Lipinski definition) is 1. The van der Waals surface area contributed by atoms with Crippen LogP contribution in [0.4, 0.5) is 5.82 Å². The van der Waals surface area contributed by atoms with Gasteiger partial charge >= 0.3 is 0 Å². The second kappa shape index (κ2) is 5.80. The SMILES string of the molecule is Cc1nnc(NCCCC(C)C)c2ccccc12. The van der Waals surface area contributed by atoms with E-state index < -0.39 is 0 Å². The minimum Gasteiger partial charge on any atom is -0.368 e. The fourth-order valence-electron chi connectivity index (χ4n) is 2.09. The molecule has 1 aromatic heterocycles. The fraction of sp³-hybridized carbons (Fsp3) is 0.467. The third kappa shape index (κ3) is 2.97. The van der Waals surface area contributed by atoms with Gasteiger partial charge in [0.1, 0.15) is 0 Å². The van der Waals surface area contributed by atoms with Crippen LogP contribution in [-0.4, -0.2) is 16.7 Å². The van der Waals surface area contributed by atoms with Crippen molar-refractivity contribution < 1.29 is 0 Å². The second-order valence-electron chi connectivity index (χ2n) is 5.14. The lowest BCUT2D eigenvalue weighted by Crippen LogP contribution is -2.06. The number of anilines is 1. The Morgan fingerprint density at radius 2 is 1.83 bits per heavy atom. The number of rotatable bonds is 5. The van der Waals surface area contributed by atoms with Crippen LogP contribution in [0.1, 0.15) is 32.4 Å². The summed E-state index contributed by atoms with van der Waals surface area (Å²) in [5, 5.41) is 14.2. The summed E-state index contributed by atoms with van der Waals surface area (Å²) < 4.78 is 0. The van der Waals surface area contributed by atoms with Gasteiger partial charge in [-0.3, -0.25) is 0 Å². The zero-order valence-corrected chi connectivity index (χ0v) is 11.4. The van der Waals surface area contributed by atoms with Gasteiger partial charge in [0.15, 0.2) is 5.82 Å². The van der Waals surface area contributed by atoms with E-state index in [1.807, 2.05) is 19.1 Å². The third-order valence-electron chi connectivity index (χ3n) is 3.12. The summed E-state index contributed by atoms with van der Waals surface area (Å²) in [6.45, 7) is 7.46. The van der Waals surface area contributed by atoms with Crippen molar-refractivity contribution in [2.75, 3.05) is 11.9 Å². The van der Waals surface area contributed by atoms with Crippen LogP contribution in [0, 0.1) is 12.8 Å². The zero-order valence-electron chi connectivity index (χ0n) is 11.4. The van der Waals surface area contributed by atoms with E-state index in [9.17, 15) is 0 Å². The molecule has 0 aliphatic heterocycles. The Morgan fingerprint density at radius 3 is 2.56 bits per heavy atom. The number of nitrogens with zero attached hydrogens (tertiary/aromatic N) is 2. The Kier molecular flexibility index (Phi) is 4.13. The van der Waals surface area contributed by atoms with Crippen LogP contribution in [0.25, 0.3) is 10.8 Å². The molecular weight excluding hydrogens is 222 g/mol. The van der Waals surface area contributed by atoms with E-state index in [1.54, 1.807) is 0 Å². The van der Waals surface area contributed by atoms with Gasteiger partial charge < -0.3 is 5.32 Å². The second-order valence-corrected chi connectivity index (χ2v) is 5.14. The van der Waals surface area contributed by atoms with Crippen LogP contribution in [-0.2, 0) is 0 Å². The molecule has 0 atom stereocenters. The van der Waals surface area contributed by atoms with Gasteiger partial charge in [0.2, 0.25) is 0 Å². The summed E-state index contributed by atoms with van der Waals surface area (Å²) in [4.78, 5) is 0. The number of aromatic nitrogens is 2. The molecule has 0 aliphatic carbocycles. The number of aryl methyl sites for hydroxylation is 1. The van der Waals surface area contributed by atoms with Crippen LogP contribution >= 0.6 is 0 Å². The maximum atomic E-state index is 4.26. The first-order valence-corrected chi connectivity index (χ1v) is 6.64. The molecule has 3 nitrogen and oxygen atoms in total. The minimum absolute atomic E-state index is 0.757. The first kappa shape index (κ1) is 12.8. The van der Waals surface area contributed by atoms with Gasteiger partial charge in [0.05, 0.1) is 5.69 Å². The van der Waals surface area contributed by atoms with Gasteiger partial charge in [-0.05, 0) is 25.7 Å². The largest absolute Gasteiger partial charge is 0.368 e. The van der Waals surface area contributed by atoms with E-state index in [0.29, 0.717) is 0 Å².